The highest BCUT2D eigenvalue weighted by Gasteiger charge is 2.40. The van der Waals surface area contributed by atoms with Crippen molar-refractivity contribution in [3.05, 3.63) is 0 Å². The van der Waals surface area contributed by atoms with E-state index in [9.17, 15) is 9.59 Å². The molecule has 0 saturated carbocycles. The maximum atomic E-state index is 12.6. The zero-order chi connectivity index (χ0) is 14.0. The van der Waals surface area contributed by atoms with Gasteiger partial charge in [-0.25, -0.2) is 0 Å². The van der Waals surface area contributed by atoms with Crippen LogP contribution in [0.25, 0.3) is 0 Å². The second kappa shape index (κ2) is 5.49. The Hall–Kier alpha value is -1.10. The normalized spacial score (nSPS) is 28.1. The lowest BCUT2D eigenvalue weighted by Gasteiger charge is -2.42. The fourth-order valence-electron chi connectivity index (χ4n) is 3.20. The Kier molecular flexibility index (Phi) is 4.13. The molecule has 108 valence electrons. The van der Waals surface area contributed by atoms with Crippen LogP contribution in [0.3, 0.4) is 0 Å². The number of piperidine rings is 2. The predicted molar refractivity (Wildman–Crippen MR) is 73.3 cm³/mol. The number of hydrogen-bond donors (Lipinski definition) is 2. The SMILES string of the molecule is CC1(C)CCCNC1C(=O)N1CCC(C(N)=O)CC1. The van der Waals surface area contributed by atoms with Crippen molar-refractivity contribution >= 4 is 11.8 Å². The van der Waals surface area contributed by atoms with Crippen LogP contribution < -0.4 is 11.1 Å². The predicted octanol–water partition coefficient (Wildman–Crippen LogP) is 0.489. The van der Waals surface area contributed by atoms with Gasteiger partial charge in [-0.1, -0.05) is 13.8 Å². The molecule has 1 unspecified atom stereocenters. The Balaban J connectivity index is 1.95. The molecule has 2 aliphatic rings. The minimum Gasteiger partial charge on any atom is -0.369 e. The standard InChI is InChI=1S/C14H25N3O2/c1-14(2)6-3-7-16-11(14)13(19)17-8-4-10(5-9-17)12(15)18/h10-11,16H,3-9H2,1-2H3,(H2,15,18). The molecule has 19 heavy (non-hydrogen) atoms. The van der Waals surface area contributed by atoms with Gasteiger partial charge in [-0.2, -0.15) is 0 Å². The molecular weight excluding hydrogens is 242 g/mol. The van der Waals surface area contributed by atoms with Crippen molar-refractivity contribution in [2.24, 2.45) is 17.1 Å². The van der Waals surface area contributed by atoms with Crippen LogP contribution >= 0.6 is 0 Å². The number of amides is 2. The highest BCUT2D eigenvalue weighted by atomic mass is 16.2. The summed E-state index contributed by atoms with van der Waals surface area (Å²) in [5, 5.41) is 3.36. The van der Waals surface area contributed by atoms with Crippen LogP contribution in [0, 0.1) is 11.3 Å². The maximum Gasteiger partial charge on any atom is 0.240 e. The van der Waals surface area contributed by atoms with E-state index < -0.39 is 0 Å². The van der Waals surface area contributed by atoms with E-state index in [4.69, 9.17) is 5.73 Å². The molecule has 0 aromatic heterocycles. The van der Waals surface area contributed by atoms with E-state index in [1.165, 1.54) is 0 Å². The quantitative estimate of drug-likeness (QED) is 0.764. The number of nitrogens with one attached hydrogen (secondary N) is 1. The van der Waals surface area contributed by atoms with Crippen molar-refractivity contribution in [2.75, 3.05) is 19.6 Å². The van der Waals surface area contributed by atoms with E-state index >= 15 is 0 Å². The second-order valence-electron chi connectivity index (χ2n) is 6.48. The summed E-state index contributed by atoms with van der Waals surface area (Å²) in [6.45, 7) is 6.52. The molecule has 0 aromatic carbocycles. The van der Waals surface area contributed by atoms with E-state index in [0.717, 1.165) is 19.4 Å². The Morgan fingerprint density at radius 1 is 1.26 bits per heavy atom. The summed E-state index contributed by atoms with van der Waals surface area (Å²) in [6, 6.07) is -0.0913. The Morgan fingerprint density at radius 2 is 1.89 bits per heavy atom. The fraction of sp³-hybridized carbons (Fsp3) is 0.857. The molecule has 0 aromatic rings. The van der Waals surface area contributed by atoms with E-state index in [-0.39, 0.29) is 29.2 Å². The number of carbonyl (C=O) groups excluding carboxylic acids is 2. The van der Waals surface area contributed by atoms with Gasteiger partial charge in [0.25, 0.3) is 0 Å². The van der Waals surface area contributed by atoms with Crippen molar-refractivity contribution in [1.82, 2.24) is 10.2 Å². The number of carbonyl (C=O) groups is 2. The van der Waals surface area contributed by atoms with Crippen molar-refractivity contribution in [2.45, 2.75) is 45.6 Å². The van der Waals surface area contributed by atoms with E-state index in [1.54, 1.807) is 0 Å². The Morgan fingerprint density at radius 3 is 2.42 bits per heavy atom. The van der Waals surface area contributed by atoms with Crippen molar-refractivity contribution in [3.8, 4) is 0 Å². The molecule has 2 rings (SSSR count). The van der Waals surface area contributed by atoms with Crippen LogP contribution in [0.4, 0.5) is 0 Å². The largest absolute Gasteiger partial charge is 0.369 e. The summed E-state index contributed by atoms with van der Waals surface area (Å²) in [5.41, 5.74) is 5.33. The van der Waals surface area contributed by atoms with Gasteiger partial charge >= 0.3 is 0 Å². The first-order valence-corrected chi connectivity index (χ1v) is 7.23. The molecule has 1 atom stereocenters. The lowest BCUT2D eigenvalue weighted by Crippen LogP contribution is -2.57. The number of likely N-dealkylation sites (tertiary alicyclic amines) is 1. The van der Waals surface area contributed by atoms with E-state index in [0.29, 0.717) is 25.9 Å². The first-order valence-electron chi connectivity index (χ1n) is 7.23. The van der Waals surface area contributed by atoms with Gasteiger partial charge in [0.05, 0.1) is 6.04 Å². The topological polar surface area (TPSA) is 75.4 Å². The van der Waals surface area contributed by atoms with Gasteiger partial charge < -0.3 is 16.0 Å². The number of rotatable bonds is 2. The molecule has 5 nitrogen and oxygen atoms in total. The summed E-state index contributed by atoms with van der Waals surface area (Å²) in [4.78, 5) is 25.6. The van der Waals surface area contributed by atoms with Crippen LogP contribution in [0.1, 0.15) is 39.5 Å². The summed E-state index contributed by atoms with van der Waals surface area (Å²) in [7, 11) is 0. The van der Waals surface area contributed by atoms with Gasteiger partial charge in [-0.15, -0.1) is 0 Å². The smallest absolute Gasteiger partial charge is 0.240 e. The van der Waals surface area contributed by atoms with Gasteiger partial charge in [0.15, 0.2) is 0 Å². The molecule has 2 amide bonds. The fourth-order valence-corrected chi connectivity index (χ4v) is 3.20. The molecule has 5 heteroatoms. The molecule has 0 bridgehead atoms. The minimum atomic E-state index is -0.233. The van der Waals surface area contributed by atoms with Crippen LogP contribution in [0.15, 0.2) is 0 Å². The third kappa shape index (κ3) is 3.08. The Bertz CT molecular complexity index is 360. The molecule has 2 heterocycles. The van der Waals surface area contributed by atoms with Gasteiger partial charge in [-0.3, -0.25) is 9.59 Å². The average molecular weight is 267 g/mol. The van der Waals surface area contributed by atoms with Crippen LogP contribution in [0.5, 0.6) is 0 Å². The van der Waals surface area contributed by atoms with Crippen molar-refractivity contribution in [3.63, 3.8) is 0 Å². The average Bonchev–Trinajstić information content (AvgIpc) is 2.37. The highest BCUT2D eigenvalue weighted by molar-refractivity contribution is 5.83. The van der Waals surface area contributed by atoms with Gasteiger partial charge in [0.1, 0.15) is 0 Å². The molecule has 0 spiro atoms. The molecule has 3 N–H and O–H groups in total. The molecule has 2 fully saturated rings. The molecule has 2 saturated heterocycles. The van der Waals surface area contributed by atoms with Gasteiger partial charge in [0, 0.05) is 19.0 Å². The summed E-state index contributed by atoms with van der Waals surface area (Å²) in [6.07, 6.45) is 3.61. The van der Waals surface area contributed by atoms with Crippen molar-refractivity contribution < 1.29 is 9.59 Å². The highest BCUT2D eigenvalue weighted by Crippen LogP contribution is 2.31. The summed E-state index contributed by atoms with van der Waals surface area (Å²) < 4.78 is 0. The first-order chi connectivity index (χ1) is 8.92. The summed E-state index contributed by atoms with van der Waals surface area (Å²) in [5.74, 6) is -0.104. The van der Waals surface area contributed by atoms with E-state index in [1.807, 2.05) is 4.90 Å². The van der Waals surface area contributed by atoms with Gasteiger partial charge in [-0.05, 0) is 37.6 Å². The van der Waals surface area contributed by atoms with Crippen molar-refractivity contribution in [1.29, 1.82) is 0 Å². The van der Waals surface area contributed by atoms with Crippen LogP contribution in [-0.2, 0) is 9.59 Å². The minimum absolute atomic E-state index is 0.00979. The molecule has 0 radical (unpaired) electrons. The van der Waals surface area contributed by atoms with Gasteiger partial charge in [0.2, 0.25) is 11.8 Å². The number of primary amides is 1. The van der Waals surface area contributed by atoms with Crippen LogP contribution in [-0.4, -0.2) is 42.4 Å². The lowest BCUT2D eigenvalue weighted by atomic mass is 9.76. The molecule has 0 aliphatic carbocycles. The monoisotopic (exact) mass is 267 g/mol. The third-order valence-electron chi connectivity index (χ3n) is 4.58. The first kappa shape index (κ1) is 14.3. The maximum absolute atomic E-state index is 12.6. The number of hydrogen-bond acceptors (Lipinski definition) is 3. The lowest BCUT2D eigenvalue weighted by molar-refractivity contribution is -0.140. The number of nitrogens with zero attached hydrogens (tertiary/aromatic N) is 1. The third-order valence-corrected chi connectivity index (χ3v) is 4.58. The second-order valence-corrected chi connectivity index (χ2v) is 6.48. The van der Waals surface area contributed by atoms with Crippen LogP contribution in [0.2, 0.25) is 0 Å². The molecular formula is C14H25N3O2. The Labute approximate surface area is 114 Å². The number of nitrogens with two attached hydrogens (primary N) is 1. The zero-order valence-corrected chi connectivity index (χ0v) is 11.9. The summed E-state index contributed by atoms with van der Waals surface area (Å²) >= 11 is 0. The zero-order valence-electron chi connectivity index (χ0n) is 11.9. The van der Waals surface area contributed by atoms with E-state index in [2.05, 4.69) is 19.2 Å². The molecule has 2 aliphatic heterocycles.